The van der Waals surface area contributed by atoms with Gasteiger partial charge in [-0.05, 0) is 12.1 Å². The highest BCUT2D eigenvalue weighted by Gasteiger charge is 1.89. The topological polar surface area (TPSA) is 26.0 Å². The zero-order valence-corrected chi connectivity index (χ0v) is 6.73. The molecule has 1 rings (SSSR count). The predicted molar refractivity (Wildman–Crippen MR) is 48.5 cm³/mol. The van der Waals surface area contributed by atoms with Crippen LogP contribution in [-0.2, 0) is 0 Å². The van der Waals surface area contributed by atoms with E-state index in [-0.39, 0.29) is 0 Å². The van der Waals surface area contributed by atoms with Gasteiger partial charge >= 0.3 is 0 Å². The molecular weight excluding hydrogens is 158 g/mol. The molecule has 0 amide bonds. The number of hydrogen-bond donors (Lipinski definition) is 1. The Morgan fingerprint density at radius 1 is 1.36 bits per heavy atom. The molecule has 0 aliphatic carbocycles. The second-order valence-corrected chi connectivity index (χ2v) is 2.29. The van der Waals surface area contributed by atoms with E-state index >= 15 is 0 Å². The lowest BCUT2D eigenvalue weighted by Gasteiger charge is -1.93. The molecule has 1 nitrogen and oxygen atoms in total. The fraction of sp³-hybridized carbons (Fsp3) is 0.111. The number of nitrogen functional groups attached to an aromatic ring is 1. The molecular formula is C9H8ClN. The number of alkyl halides is 1. The maximum atomic E-state index is 5.62. The van der Waals surface area contributed by atoms with E-state index in [4.69, 9.17) is 17.3 Å². The van der Waals surface area contributed by atoms with E-state index in [9.17, 15) is 0 Å². The van der Waals surface area contributed by atoms with Crippen LogP contribution in [0.2, 0.25) is 0 Å². The van der Waals surface area contributed by atoms with Crippen molar-refractivity contribution in [1.82, 2.24) is 0 Å². The normalized spacial score (nSPS) is 8.45. The highest BCUT2D eigenvalue weighted by atomic mass is 35.5. The summed E-state index contributed by atoms with van der Waals surface area (Å²) in [7, 11) is 0. The van der Waals surface area contributed by atoms with Crippen LogP contribution in [0.3, 0.4) is 0 Å². The predicted octanol–water partition coefficient (Wildman–Crippen LogP) is 1.86. The lowest BCUT2D eigenvalue weighted by atomic mass is 10.2. The zero-order chi connectivity index (χ0) is 8.10. The van der Waals surface area contributed by atoms with Gasteiger partial charge in [-0.3, -0.25) is 0 Å². The average molecular weight is 166 g/mol. The van der Waals surface area contributed by atoms with Gasteiger partial charge in [0.15, 0.2) is 0 Å². The Morgan fingerprint density at radius 3 is 2.73 bits per heavy atom. The molecule has 0 saturated heterocycles. The van der Waals surface area contributed by atoms with Crippen molar-refractivity contribution in [3.8, 4) is 11.8 Å². The minimum atomic E-state index is 0.342. The first-order chi connectivity index (χ1) is 5.34. The van der Waals surface area contributed by atoms with Gasteiger partial charge in [0, 0.05) is 11.3 Å². The minimum Gasteiger partial charge on any atom is -0.398 e. The van der Waals surface area contributed by atoms with E-state index in [2.05, 4.69) is 11.8 Å². The first-order valence-electron chi connectivity index (χ1n) is 3.24. The van der Waals surface area contributed by atoms with Crippen LogP contribution in [0, 0.1) is 11.8 Å². The van der Waals surface area contributed by atoms with Gasteiger partial charge in [0.2, 0.25) is 0 Å². The maximum absolute atomic E-state index is 5.62. The van der Waals surface area contributed by atoms with E-state index in [1.165, 1.54) is 0 Å². The van der Waals surface area contributed by atoms with Crippen molar-refractivity contribution in [1.29, 1.82) is 0 Å². The van der Waals surface area contributed by atoms with Gasteiger partial charge in [0.05, 0.1) is 5.88 Å². The van der Waals surface area contributed by atoms with Gasteiger partial charge in [-0.15, -0.1) is 11.6 Å². The Balaban J connectivity index is 2.95. The monoisotopic (exact) mass is 165 g/mol. The Morgan fingerprint density at radius 2 is 2.09 bits per heavy atom. The number of nitrogens with two attached hydrogens (primary N) is 1. The Labute approximate surface area is 71.2 Å². The fourth-order valence-corrected chi connectivity index (χ4v) is 0.806. The quantitative estimate of drug-likeness (QED) is 0.355. The maximum Gasteiger partial charge on any atom is 0.0839 e. The Kier molecular flexibility index (Phi) is 2.83. The second kappa shape index (κ2) is 3.90. The third-order valence-electron chi connectivity index (χ3n) is 1.25. The zero-order valence-electron chi connectivity index (χ0n) is 5.97. The second-order valence-electron chi connectivity index (χ2n) is 2.02. The van der Waals surface area contributed by atoms with Crippen LogP contribution < -0.4 is 5.73 Å². The van der Waals surface area contributed by atoms with Crippen molar-refractivity contribution in [3.05, 3.63) is 29.8 Å². The summed E-state index contributed by atoms with van der Waals surface area (Å²) in [6, 6.07) is 7.46. The van der Waals surface area contributed by atoms with Gasteiger partial charge in [0.1, 0.15) is 0 Å². The smallest absolute Gasteiger partial charge is 0.0839 e. The molecule has 1 aromatic carbocycles. The molecule has 0 fully saturated rings. The van der Waals surface area contributed by atoms with E-state index in [1.54, 1.807) is 0 Å². The van der Waals surface area contributed by atoms with E-state index < -0.39 is 0 Å². The van der Waals surface area contributed by atoms with Crippen LogP contribution >= 0.6 is 11.6 Å². The van der Waals surface area contributed by atoms with E-state index in [0.717, 1.165) is 5.56 Å². The van der Waals surface area contributed by atoms with Crippen molar-refractivity contribution < 1.29 is 0 Å². The molecule has 0 aliphatic heterocycles. The number of anilines is 1. The number of halogens is 1. The summed E-state index contributed by atoms with van der Waals surface area (Å²) in [4.78, 5) is 0. The van der Waals surface area contributed by atoms with Crippen LogP contribution in [-0.4, -0.2) is 5.88 Å². The Hall–Kier alpha value is -1.13. The molecule has 1 aromatic rings. The fourth-order valence-electron chi connectivity index (χ4n) is 0.739. The third-order valence-corrected chi connectivity index (χ3v) is 1.38. The Bertz CT molecular complexity index is 296. The summed E-state index contributed by atoms with van der Waals surface area (Å²) < 4.78 is 0. The lowest BCUT2D eigenvalue weighted by Crippen LogP contribution is -1.88. The summed E-state index contributed by atoms with van der Waals surface area (Å²) in [6.45, 7) is 0. The molecule has 0 unspecified atom stereocenters. The summed E-state index contributed by atoms with van der Waals surface area (Å²) in [5, 5.41) is 0. The molecule has 0 radical (unpaired) electrons. The number of hydrogen-bond acceptors (Lipinski definition) is 1. The van der Waals surface area contributed by atoms with E-state index in [1.807, 2.05) is 24.3 Å². The van der Waals surface area contributed by atoms with Gasteiger partial charge in [-0.2, -0.15) is 0 Å². The summed E-state index contributed by atoms with van der Waals surface area (Å²) in [5.74, 6) is 5.94. The highest BCUT2D eigenvalue weighted by Crippen LogP contribution is 2.07. The molecule has 2 heteroatoms. The number of benzene rings is 1. The average Bonchev–Trinajstić information content (AvgIpc) is 2.03. The van der Waals surface area contributed by atoms with Crippen molar-refractivity contribution in [2.45, 2.75) is 0 Å². The summed E-state index contributed by atoms with van der Waals surface area (Å²) >= 11 is 5.39. The van der Waals surface area contributed by atoms with Gasteiger partial charge in [-0.1, -0.05) is 24.0 Å². The van der Waals surface area contributed by atoms with Crippen molar-refractivity contribution in [3.63, 3.8) is 0 Å². The van der Waals surface area contributed by atoms with Crippen LogP contribution in [0.1, 0.15) is 5.56 Å². The van der Waals surface area contributed by atoms with Crippen molar-refractivity contribution in [2.75, 3.05) is 11.6 Å². The molecule has 0 saturated carbocycles. The first kappa shape index (κ1) is 7.97. The molecule has 11 heavy (non-hydrogen) atoms. The molecule has 0 heterocycles. The molecule has 2 N–H and O–H groups in total. The van der Waals surface area contributed by atoms with Crippen LogP contribution in [0.4, 0.5) is 5.69 Å². The number of para-hydroxylation sites is 1. The molecule has 0 spiro atoms. The summed E-state index contributed by atoms with van der Waals surface area (Å²) in [6.07, 6.45) is 0. The van der Waals surface area contributed by atoms with Crippen molar-refractivity contribution in [2.24, 2.45) is 0 Å². The van der Waals surface area contributed by atoms with Crippen LogP contribution in [0.25, 0.3) is 0 Å². The minimum absolute atomic E-state index is 0.342. The molecule has 0 aliphatic rings. The summed E-state index contributed by atoms with van der Waals surface area (Å²) in [5.41, 5.74) is 7.16. The molecule has 0 atom stereocenters. The molecule has 0 bridgehead atoms. The first-order valence-corrected chi connectivity index (χ1v) is 3.77. The van der Waals surface area contributed by atoms with Gasteiger partial charge in [-0.25, -0.2) is 0 Å². The SMILES string of the molecule is Nc1ccccc1C#CCCl. The van der Waals surface area contributed by atoms with E-state index in [0.29, 0.717) is 11.6 Å². The van der Waals surface area contributed by atoms with Gasteiger partial charge < -0.3 is 5.73 Å². The third kappa shape index (κ3) is 2.18. The van der Waals surface area contributed by atoms with Crippen LogP contribution in [0.15, 0.2) is 24.3 Å². The largest absolute Gasteiger partial charge is 0.398 e. The highest BCUT2D eigenvalue weighted by molar-refractivity contribution is 6.19. The standard InChI is InChI=1S/C9H8ClN/c10-7-3-5-8-4-1-2-6-9(8)11/h1-2,4,6H,7,11H2. The molecule has 56 valence electrons. The van der Waals surface area contributed by atoms with Crippen LogP contribution in [0.5, 0.6) is 0 Å². The lowest BCUT2D eigenvalue weighted by molar-refractivity contribution is 1.63. The van der Waals surface area contributed by atoms with Crippen molar-refractivity contribution >= 4 is 17.3 Å². The van der Waals surface area contributed by atoms with Gasteiger partial charge in [0.25, 0.3) is 0 Å². The molecule has 0 aromatic heterocycles. The number of rotatable bonds is 0.